The quantitative estimate of drug-likeness (QED) is 0.765. The summed E-state index contributed by atoms with van der Waals surface area (Å²) in [5.74, 6) is -0.216. The van der Waals surface area contributed by atoms with E-state index in [-0.39, 0.29) is 23.8 Å². The number of amides is 2. The number of carbonyl (C=O) groups excluding carboxylic acids is 2. The van der Waals surface area contributed by atoms with Crippen LogP contribution in [0.15, 0.2) is 0 Å². The average Bonchev–Trinajstić information content (AvgIpc) is 2.27. The van der Waals surface area contributed by atoms with E-state index in [1.54, 1.807) is 4.90 Å². The lowest BCUT2D eigenvalue weighted by molar-refractivity contribution is -0.139. The highest BCUT2D eigenvalue weighted by Crippen LogP contribution is 2.22. The van der Waals surface area contributed by atoms with Gasteiger partial charge >= 0.3 is 0 Å². The van der Waals surface area contributed by atoms with Crippen LogP contribution in [0.4, 0.5) is 0 Å². The second kappa shape index (κ2) is 6.18. The fourth-order valence-electron chi connectivity index (χ4n) is 2.47. The summed E-state index contributed by atoms with van der Waals surface area (Å²) in [7, 11) is 0. The molecular formula is C13H25N3O2. The molecule has 1 rings (SSSR count). The maximum Gasteiger partial charge on any atom is 0.239 e. The van der Waals surface area contributed by atoms with Gasteiger partial charge in [0.05, 0.1) is 12.0 Å². The van der Waals surface area contributed by atoms with Crippen molar-refractivity contribution >= 4 is 11.8 Å². The summed E-state index contributed by atoms with van der Waals surface area (Å²) in [6.07, 6.45) is 2.25. The normalized spacial score (nSPS) is 26.2. The molecular weight excluding hydrogens is 230 g/mol. The van der Waals surface area contributed by atoms with E-state index >= 15 is 0 Å². The summed E-state index contributed by atoms with van der Waals surface area (Å²) in [6.45, 7) is 6.50. The minimum atomic E-state index is -0.473. The number of piperidine rings is 1. The topological polar surface area (TPSA) is 89.4 Å². The summed E-state index contributed by atoms with van der Waals surface area (Å²) >= 11 is 0. The highest BCUT2D eigenvalue weighted by atomic mass is 16.2. The van der Waals surface area contributed by atoms with E-state index in [0.717, 1.165) is 12.8 Å². The molecule has 2 amide bonds. The maximum absolute atomic E-state index is 12.3. The van der Waals surface area contributed by atoms with Gasteiger partial charge in [-0.05, 0) is 32.1 Å². The molecule has 1 aliphatic rings. The van der Waals surface area contributed by atoms with Crippen LogP contribution in [0.3, 0.4) is 0 Å². The van der Waals surface area contributed by atoms with Crippen molar-refractivity contribution in [1.29, 1.82) is 0 Å². The number of hydrogen-bond donors (Lipinski definition) is 2. The van der Waals surface area contributed by atoms with Crippen molar-refractivity contribution in [3.63, 3.8) is 0 Å². The molecule has 0 aromatic carbocycles. The Kier molecular flexibility index (Phi) is 5.14. The molecule has 104 valence electrons. The number of rotatable bonds is 4. The van der Waals surface area contributed by atoms with Crippen molar-refractivity contribution < 1.29 is 9.59 Å². The highest BCUT2D eigenvalue weighted by Gasteiger charge is 2.33. The average molecular weight is 255 g/mol. The van der Waals surface area contributed by atoms with Crippen molar-refractivity contribution in [3.05, 3.63) is 0 Å². The minimum Gasteiger partial charge on any atom is -0.369 e. The van der Waals surface area contributed by atoms with Crippen molar-refractivity contribution in [2.24, 2.45) is 23.3 Å². The van der Waals surface area contributed by atoms with Gasteiger partial charge < -0.3 is 16.4 Å². The van der Waals surface area contributed by atoms with E-state index < -0.39 is 6.04 Å². The number of likely N-dealkylation sites (tertiary alicyclic amines) is 1. The summed E-state index contributed by atoms with van der Waals surface area (Å²) in [4.78, 5) is 25.2. The molecule has 0 aromatic heterocycles. The van der Waals surface area contributed by atoms with Gasteiger partial charge in [-0.3, -0.25) is 9.59 Å². The zero-order chi connectivity index (χ0) is 13.9. The van der Waals surface area contributed by atoms with Gasteiger partial charge in [0.1, 0.15) is 0 Å². The second-order valence-electron chi connectivity index (χ2n) is 5.75. The zero-order valence-electron chi connectivity index (χ0n) is 11.6. The molecule has 0 saturated carbocycles. The molecule has 1 saturated heterocycles. The monoisotopic (exact) mass is 255 g/mol. The lowest BCUT2D eigenvalue weighted by atomic mass is 9.91. The first-order chi connectivity index (χ1) is 8.32. The molecule has 0 radical (unpaired) electrons. The number of nitrogens with two attached hydrogens (primary N) is 2. The molecule has 0 bridgehead atoms. The maximum atomic E-state index is 12.3. The Bertz CT molecular complexity index is 317. The van der Waals surface area contributed by atoms with Crippen LogP contribution < -0.4 is 11.5 Å². The van der Waals surface area contributed by atoms with Crippen molar-refractivity contribution in [3.8, 4) is 0 Å². The Labute approximate surface area is 109 Å². The molecule has 5 nitrogen and oxygen atoms in total. The molecule has 0 spiro atoms. The third kappa shape index (κ3) is 3.70. The molecule has 0 aromatic rings. The smallest absolute Gasteiger partial charge is 0.239 e. The lowest BCUT2D eigenvalue weighted by Crippen LogP contribution is -2.53. The summed E-state index contributed by atoms with van der Waals surface area (Å²) < 4.78 is 0. The molecule has 3 atom stereocenters. The van der Waals surface area contributed by atoms with Crippen molar-refractivity contribution in [1.82, 2.24) is 4.90 Å². The molecule has 18 heavy (non-hydrogen) atoms. The van der Waals surface area contributed by atoms with E-state index in [4.69, 9.17) is 11.5 Å². The summed E-state index contributed by atoms with van der Waals surface area (Å²) in [5.41, 5.74) is 11.2. The molecule has 4 N–H and O–H groups in total. The van der Waals surface area contributed by atoms with E-state index in [0.29, 0.717) is 18.9 Å². The van der Waals surface area contributed by atoms with Gasteiger partial charge in [0.15, 0.2) is 0 Å². The van der Waals surface area contributed by atoms with Gasteiger partial charge in [0, 0.05) is 12.6 Å². The van der Waals surface area contributed by atoms with Gasteiger partial charge in [-0.2, -0.15) is 0 Å². The Hall–Kier alpha value is -1.10. The van der Waals surface area contributed by atoms with E-state index in [2.05, 4.69) is 0 Å². The van der Waals surface area contributed by atoms with Crippen LogP contribution in [0.5, 0.6) is 0 Å². The van der Waals surface area contributed by atoms with Gasteiger partial charge in [0.25, 0.3) is 0 Å². The number of hydrogen-bond acceptors (Lipinski definition) is 3. The van der Waals surface area contributed by atoms with E-state index in [1.165, 1.54) is 0 Å². The lowest BCUT2D eigenvalue weighted by Gasteiger charge is -2.38. The Morgan fingerprint density at radius 3 is 2.44 bits per heavy atom. The minimum absolute atomic E-state index is 0.0536. The van der Waals surface area contributed by atoms with Crippen LogP contribution in [-0.2, 0) is 9.59 Å². The first-order valence-electron chi connectivity index (χ1n) is 6.68. The first-order valence-corrected chi connectivity index (χ1v) is 6.68. The van der Waals surface area contributed by atoms with Crippen molar-refractivity contribution in [2.45, 2.75) is 52.1 Å². The zero-order valence-corrected chi connectivity index (χ0v) is 11.6. The van der Waals surface area contributed by atoms with E-state index in [1.807, 2.05) is 20.8 Å². The molecule has 1 aliphatic heterocycles. The van der Waals surface area contributed by atoms with Gasteiger partial charge in [0.2, 0.25) is 11.8 Å². The third-order valence-corrected chi connectivity index (χ3v) is 3.61. The standard InChI is InChI=1S/C13H25N3O2/c1-8(2)6-11(14)13(18)16-7-10(12(15)17)5-4-9(16)3/h8-11H,4-7,14H2,1-3H3,(H2,15,17)/t9?,10?,11-/m0/s1. The van der Waals surface area contributed by atoms with Crippen LogP contribution in [0.25, 0.3) is 0 Å². The largest absolute Gasteiger partial charge is 0.369 e. The highest BCUT2D eigenvalue weighted by molar-refractivity contribution is 5.83. The molecule has 0 aliphatic carbocycles. The molecule has 1 heterocycles. The van der Waals surface area contributed by atoms with Gasteiger partial charge in [-0.1, -0.05) is 13.8 Å². The fourth-order valence-corrected chi connectivity index (χ4v) is 2.47. The van der Waals surface area contributed by atoms with Crippen LogP contribution in [0.1, 0.15) is 40.0 Å². The van der Waals surface area contributed by atoms with Crippen LogP contribution in [-0.4, -0.2) is 35.3 Å². The molecule has 1 fully saturated rings. The Morgan fingerprint density at radius 2 is 1.94 bits per heavy atom. The number of primary amides is 1. The Balaban J connectivity index is 2.67. The van der Waals surface area contributed by atoms with Crippen LogP contribution in [0.2, 0.25) is 0 Å². The molecule has 2 unspecified atom stereocenters. The van der Waals surface area contributed by atoms with Crippen molar-refractivity contribution in [2.75, 3.05) is 6.54 Å². The summed E-state index contributed by atoms with van der Waals surface area (Å²) in [5, 5.41) is 0. The fraction of sp³-hybridized carbons (Fsp3) is 0.846. The van der Waals surface area contributed by atoms with Gasteiger partial charge in [-0.15, -0.1) is 0 Å². The Morgan fingerprint density at radius 1 is 1.33 bits per heavy atom. The first kappa shape index (κ1) is 15.0. The molecule has 5 heteroatoms. The van der Waals surface area contributed by atoms with Gasteiger partial charge in [-0.25, -0.2) is 0 Å². The SMILES string of the molecule is CC(C)C[C@H](N)C(=O)N1CC(C(N)=O)CCC1C. The van der Waals surface area contributed by atoms with Crippen LogP contribution >= 0.6 is 0 Å². The third-order valence-electron chi connectivity index (χ3n) is 3.61. The summed E-state index contributed by atoms with van der Waals surface area (Å²) in [6, 6.07) is -0.328. The van der Waals surface area contributed by atoms with E-state index in [9.17, 15) is 9.59 Å². The predicted molar refractivity (Wildman–Crippen MR) is 70.5 cm³/mol. The predicted octanol–water partition coefficient (Wildman–Crippen LogP) is 0.472. The second-order valence-corrected chi connectivity index (χ2v) is 5.75. The van der Waals surface area contributed by atoms with Crippen LogP contribution in [0, 0.1) is 11.8 Å². The number of nitrogens with zero attached hydrogens (tertiary/aromatic N) is 1. The number of carbonyl (C=O) groups is 2.